The topological polar surface area (TPSA) is 35.3 Å². The summed E-state index contributed by atoms with van der Waals surface area (Å²) in [7, 11) is 1.67. The molecule has 0 aliphatic rings. The lowest BCUT2D eigenvalue weighted by Gasteiger charge is -2.11. The number of nitrogens with zero attached hydrogens (tertiary/aromatic N) is 1. The molecule has 3 nitrogen and oxygen atoms in total. The average molecular weight is 205 g/mol. The Morgan fingerprint density at radius 1 is 1.00 bits per heavy atom. The highest BCUT2D eigenvalue weighted by atomic mass is 16.5. The van der Waals surface area contributed by atoms with Crippen LogP contribution in [0.15, 0.2) is 4.52 Å². The summed E-state index contributed by atoms with van der Waals surface area (Å²) >= 11 is 0. The molecule has 0 N–H and O–H groups in total. The highest BCUT2D eigenvalue weighted by Gasteiger charge is 2.17. The lowest BCUT2D eigenvalue weighted by Crippen LogP contribution is -1.95. The second kappa shape index (κ2) is 3.26. The monoisotopic (exact) mass is 205 g/mol. The Morgan fingerprint density at radius 2 is 1.67 bits per heavy atom. The third-order valence-electron chi connectivity index (χ3n) is 3.12. The second-order valence-electron chi connectivity index (χ2n) is 3.87. The number of fused-ring (bicyclic) bond motifs is 1. The van der Waals surface area contributed by atoms with Gasteiger partial charge in [0.25, 0.3) is 0 Å². The highest BCUT2D eigenvalue weighted by Crippen LogP contribution is 2.35. The van der Waals surface area contributed by atoms with Gasteiger partial charge >= 0.3 is 0 Å². The minimum absolute atomic E-state index is 0.824. The summed E-state index contributed by atoms with van der Waals surface area (Å²) in [4.78, 5) is 0. The van der Waals surface area contributed by atoms with E-state index in [-0.39, 0.29) is 0 Å². The highest BCUT2D eigenvalue weighted by molar-refractivity contribution is 5.91. The fourth-order valence-electron chi connectivity index (χ4n) is 2.04. The molecule has 3 heteroatoms. The lowest BCUT2D eigenvalue weighted by molar-refractivity contribution is 0.392. The molecular formula is C12H15NO2. The second-order valence-corrected chi connectivity index (χ2v) is 3.87. The van der Waals surface area contributed by atoms with Crippen molar-refractivity contribution in [1.29, 1.82) is 0 Å². The van der Waals surface area contributed by atoms with Gasteiger partial charge in [-0.2, -0.15) is 0 Å². The molecule has 0 radical (unpaired) electrons. The van der Waals surface area contributed by atoms with Crippen molar-refractivity contribution in [2.75, 3.05) is 7.11 Å². The minimum atomic E-state index is 0.824. The van der Waals surface area contributed by atoms with Crippen LogP contribution >= 0.6 is 0 Å². The number of hydrogen-bond donors (Lipinski definition) is 0. The van der Waals surface area contributed by atoms with Crippen LogP contribution in [0, 0.1) is 27.7 Å². The Morgan fingerprint density at radius 3 is 2.27 bits per heavy atom. The molecule has 2 rings (SSSR count). The molecule has 2 aromatic rings. The SMILES string of the molecule is COc1c(C)c(C)c(C)c2c(C)onc12. The van der Waals surface area contributed by atoms with E-state index in [0.717, 1.165) is 28.0 Å². The third kappa shape index (κ3) is 1.23. The summed E-state index contributed by atoms with van der Waals surface area (Å²) in [6, 6.07) is 0. The Hall–Kier alpha value is -1.51. The molecule has 0 amide bonds. The Bertz CT molecular complexity index is 526. The van der Waals surface area contributed by atoms with E-state index in [1.54, 1.807) is 7.11 Å². The van der Waals surface area contributed by atoms with Crippen LogP contribution in [0.1, 0.15) is 22.5 Å². The third-order valence-corrected chi connectivity index (χ3v) is 3.12. The van der Waals surface area contributed by atoms with Gasteiger partial charge in [0, 0.05) is 0 Å². The molecule has 0 aliphatic carbocycles. The van der Waals surface area contributed by atoms with Gasteiger partial charge in [0.05, 0.1) is 12.5 Å². The van der Waals surface area contributed by atoms with Gasteiger partial charge < -0.3 is 9.26 Å². The Kier molecular flexibility index (Phi) is 2.18. The molecular weight excluding hydrogens is 190 g/mol. The number of aryl methyl sites for hydroxylation is 2. The number of hydrogen-bond acceptors (Lipinski definition) is 3. The zero-order valence-electron chi connectivity index (χ0n) is 9.76. The van der Waals surface area contributed by atoms with Crippen molar-refractivity contribution >= 4 is 10.9 Å². The maximum Gasteiger partial charge on any atom is 0.156 e. The maximum atomic E-state index is 5.38. The van der Waals surface area contributed by atoms with E-state index < -0.39 is 0 Å². The molecule has 1 aromatic carbocycles. The Balaban J connectivity index is 3.00. The standard InChI is InChI=1S/C12H15NO2/c1-6-7(2)10-9(4)15-13-11(10)12(14-5)8(6)3/h1-5H3. The van der Waals surface area contributed by atoms with Crippen LogP contribution in [0.3, 0.4) is 0 Å². The first-order valence-corrected chi connectivity index (χ1v) is 4.97. The summed E-state index contributed by atoms with van der Waals surface area (Å²) in [5.41, 5.74) is 4.43. The number of ether oxygens (including phenoxy) is 1. The van der Waals surface area contributed by atoms with Crippen molar-refractivity contribution in [2.45, 2.75) is 27.7 Å². The van der Waals surface area contributed by atoms with E-state index in [1.807, 2.05) is 13.8 Å². The normalized spacial score (nSPS) is 11.0. The minimum Gasteiger partial charge on any atom is -0.494 e. The van der Waals surface area contributed by atoms with Gasteiger partial charge in [-0.25, -0.2) is 0 Å². The molecule has 0 atom stereocenters. The van der Waals surface area contributed by atoms with Gasteiger partial charge in [-0.15, -0.1) is 0 Å². The van der Waals surface area contributed by atoms with Crippen LogP contribution < -0.4 is 4.74 Å². The smallest absolute Gasteiger partial charge is 0.156 e. The largest absolute Gasteiger partial charge is 0.494 e. The molecule has 0 spiro atoms. The van der Waals surface area contributed by atoms with Crippen molar-refractivity contribution in [3.8, 4) is 5.75 Å². The molecule has 1 heterocycles. The van der Waals surface area contributed by atoms with E-state index in [2.05, 4.69) is 19.0 Å². The first-order chi connectivity index (χ1) is 7.07. The molecule has 0 unspecified atom stereocenters. The van der Waals surface area contributed by atoms with E-state index in [0.29, 0.717) is 0 Å². The van der Waals surface area contributed by atoms with Crippen LogP contribution in [0.4, 0.5) is 0 Å². The number of benzene rings is 1. The molecule has 0 aliphatic heterocycles. The van der Waals surface area contributed by atoms with Crippen LogP contribution in [0.25, 0.3) is 10.9 Å². The zero-order valence-corrected chi connectivity index (χ0v) is 9.76. The first kappa shape index (κ1) is 10.0. The fraction of sp³-hybridized carbons (Fsp3) is 0.417. The molecule has 80 valence electrons. The van der Waals surface area contributed by atoms with Crippen LogP contribution in [-0.2, 0) is 0 Å². The lowest BCUT2D eigenvalue weighted by atomic mass is 9.98. The zero-order chi connectivity index (χ0) is 11.2. The first-order valence-electron chi connectivity index (χ1n) is 4.97. The van der Waals surface area contributed by atoms with Crippen LogP contribution in [0.2, 0.25) is 0 Å². The predicted molar refractivity (Wildman–Crippen MR) is 59.5 cm³/mol. The van der Waals surface area contributed by atoms with E-state index in [9.17, 15) is 0 Å². The summed E-state index contributed by atoms with van der Waals surface area (Å²) in [5.74, 6) is 1.67. The fourth-order valence-corrected chi connectivity index (χ4v) is 2.04. The van der Waals surface area contributed by atoms with Crippen molar-refractivity contribution in [2.24, 2.45) is 0 Å². The van der Waals surface area contributed by atoms with Gasteiger partial charge in [-0.05, 0) is 44.4 Å². The molecule has 0 saturated carbocycles. The van der Waals surface area contributed by atoms with Gasteiger partial charge in [-0.1, -0.05) is 5.16 Å². The van der Waals surface area contributed by atoms with Gasteiger partial charge in [0.15, 0.2) is 11.3 Å². The summed E-state index contributed by atoms with van der Waals surface area (Å²) in [5, 5.41) is 5.13. The van der Waals surface area contributed by atoms with E-state index in [1.165, 1.54) is 11.1 Å². The predicted octanol–water partition coefficient (Wildman–Crippen LogP) is 3.07. The number of methoxy groups -OCH3 is 1. The number of rotatable bonds is 1. The van der Waals surface area contributed by atoms with Gasteiger partial charge in [-0.3, -0.25) is 0 Å². The van der Waals surface area contributed by atoms with Crippen LogP contribution in [0.5, 0.6) is 5.75 Å². The van der Waals surface area contributed by atoms with Crippen molar-refractivity contribution in [3.05, 3.63) is 22.5 Å². The molecule has 0 saturated heterocycles. The molecule has 0 fully saturated rings. The average Bonchev–Trinajstić information content (AvgIpc) is 2.58. The summed E-state index contributed by atoms with van der Waals surface area (Å²) in [6.07, 6.45) is 0. The van der Waals surface area contributed by atoms with Gasteiger partial charge in [0.2, 0.25) is 0 Å². The van der Waals surface area contributed by atoms with Gasteiger partial charge in [0.1, 0.15) is 5.76 Å². The summed E-state index contributed by atoms with van der Waals surface area (Å²) in [6.45, 7) is 8.16. The maximum absolute atomic E-state index is 5.38. The van der Waals surface area contributed by atoms with E-state index in [4.69, 9.17) is 9.26 Å². The number of aromatic nitrogens is 1. The van der Waals surface area contributed by atoms with Crippen molar-refractivity contribution in [3.63, 3.8) is 0 Å². The molecule has 15 heavy (non-hydrogen) atoms. The molecule has 0 bridgehead atoms. The van der Waals surface area contributed by atoms with E-state index >= 15 is 0 Å². The van der Waals surface area contributed by atoms with Crippen LogP contribution in [-0.4, -0.2) is 12.3 Å². The van der Waals surface area contributed by atoms with Crippen molar-refractivity contribution < 1.29 is 9.26 Å². The molecule has 1 aromatic heterocycles. The van der Waals surface area contributed by atoms with Crippen molar-refractivity contribution in [1.82, 2.24) is 5.16 Å². The quantitative estimate of drug-likeness (QED) is 0.717. The Labute approximate surface area is 89.0 Å². The summed E-state index contributed by atoms with van der Waals surface area (Å²) < 4.78 is 10.6.